The van der Waals surface area contributed by atoms with Crippen LogP contribution in [-0.2, 0) is 11.3 Å². The summed E-state index contributed by atoms with van der Waals surface area (Å²) in [4.78, 5) is 16.2. The van der Waals surface area contributed by atoms with Crippen molar-refractivity contribution in [1.82, 2.24) is 4.90 Å². The van der Waals surface area contributed by atoms with E-state index >= 15 is 0 Å². The molecule has 1 aromatic heterocycles. The molecular weight excluding hydrogens is 322 g/mol. The Morgan fingerprint density at radius 1 is 1.33 bits per heavy atom. The maximum atomic E-state index is 12.1. The van der Waals surface area contributed by atoms with Crippen molar-refractivity contribution >= 4 is 40.6 Å². The zero-order valence-corrected chi connectivity index (χ0v) is 14.5. The lowest BCUT2D eigenvalue weighted by Gasteiger charge is -2.16. The molecule has 0 fully saturated rings. The Bertz CT molecular complexity index is 612. The van der Waals surface area contributed by atoms with Crippen LogP contribution >= 0.6 is 34.7 Å². The fourth-order valence-corrected chi connectivity index (χ4v) is 4.01. The van der Waals surface area contributed by atoms with Crippen molar-refractivity contribution in [2.24, 2.45) is 0 Å². The highest BCUT2D eigenvalue weighted by Crippen LogP contribution is 2.27. The summed E-state index contributed by atoms with van der Waals surface area (Å²) in [5, 5.41) is 2.81. The van der Waals surface area contributed by atoms with Gasteiger partial charge in [0.15, 0.2) is 0 Å². The number of carbonyl (C=O) groups is 1. The number of carbonyl (C=O) groups excluding carboxylic acids is 1. The number of hydrogen-bond donors (Lipinski definition) is 0. The topological polar surface area (TPSA) is 20.3 Å². The van der Waals surface area contributed by atoms with Crippen molar-refractivity contribution in [1.29, 1.82) is 0 Å². The van der Waals surface area contributed by atoms with E-state index in [4.69, 9.17) is 11.6 Å². The van der Waals surface area contributed by atoms with E-state index in [0.29, 0.717) is 13.0 Å². The summed E-state index contributed by atoms with van der Waals surface area (Å²) in [6.07, 6.45) is 0.525. The number of benzene rings is 1. The van der Waals surface area contributed by atoms with Gasteiger partial charge in [-0.1, -0.05) is 23.7 Å². The van der Waals surface area contributed by atoms with Crippen molar-refractivity contribution < 1.29 is 4.79 Å². The summed E-state index contributed by atoms with van der Waals surface area (Å²) in [5.74, 6) is 0.915. The lowest BCUT2D eigenvalue weighted by Crippen LogP contribution is -2.26. The third kappa shape index (κ3) is 4.77. The molecule has 112 valence electrons. The van der Waals surface area contributed by atoms with Gasteiger partial charge in [-0.25, -0.2) is 0 Å². The van der Waals surface area contributed by atoms with Gasteiger partial charge in [-0.05, 0) is 36.1 Å². The molecule has 1 amide bonds. The van der Waals surface area contributed by atoms with Gasteiger partial charge in [0.05, 0.1) is 11.6 Å². The SMILES string of the molecule is Cc1ccsc1CN(C)C(=O)CCSc1ccccc1Cl. The lowest BCUT2D eigenvalue weighted by molar-refractivity contribution is -0.129. The molecule has 0 radical (unpaired) electrons. The first kappa shape index (κ1) is 16.4. The highest BCUT2D eigenvalue weighted by Gasteiger charge is 2.11. The molecule has 0 spiro atoms. The van der Waals surface area contributed by atoms with E-state index in [1.165, 1.54) is 10.4 Å². The fraction of sp³-hybridized carbons (Fsp3) is 0.312. The molecule has 1 heterocycles. The van der Waals surface area contributed by atoms with Crippen LogP contribution in [0.5, 0.6) is 0 Å². The molecule has 2 rings (SSSR count). The molecule has 0 unspecified atom stereocenters. The zero-order valence-electron chi connectivity index (χ0n) is 12.1. The van der Waals surface area contributed by atoms with Crippen molar-refractivity contribution in [3.63, 3.8) is 0 Å². The largest absolute Gasteiger partial charge is 0.341 e. The molecule has 0 saturated carbocycles. The van der Waals surface area contributed by atoms with E-state index in [2.05, 4.69) is 18.4 Å². The zero-order chi connectivity index (χ0) is 15.2. The summed E-state index contributed by atoms with van der Waals surface area (Å²) in [6.45, 7) is 2.77. The second kappa shape index (κ2) is 7.87. The van der Waals surface area contributed by atoms with E-state index < -0.39 is 0 Å². The number of thioether (sulfide) groups is 1. The van der Waals surface area contributed by atoms with Crippen LogP contribution in [0.15, 0.2) is 40.6 Å². The number of amides is 1. The van der Waals surface area contributed by atoms with Gasteiger partial charge in [0, 0.05) is 29.0 Å². The Morgan fingerprint density at radius 3 is 2.76 bits per heavy atom. The predicted octanol–water partition coefficient (Wildman–Crippen LogP) is 4.85. The molecule has 0 aliphatic heterocycles. The molecule has 2 nitrogen and oxygen atoms in total. The minimum absolute atomic E-state index is 0.169. The van der Waals surface area contributed by atoms with Crippen LogP contribution < -0.4 is 0 Å². The molecule has 21 heavy (non-hydrogen) atoms. The van der Waals surface area contributed by atoms with E-state index in [1.807, 2.05) is 31.3 Å². The van der Waals surface area contributed by atoms with Crippen LogP contribution in [0, 0.1) is 6.92 Å². The van der Waals surface area contributed by atoms with Gasteiger partial charge in [-0.15, -0.1) is 23.1 Å². The number of nitrogens with zero attached hydrogens (tertiary/aromatic N) is 1. The Hall–Kier alpha value is -0.970. The molecule has 0 aliphatic rings. The molecule has 2 aromatic rings. The van der Waals surface area contributed by atoms with Gasteiger partial charge >= 0.3 is 0 Å². The van der Waals surface area contributed by atoms with Crippen LogP contribution in [0.4, 0.5) is 0 Å². The minimum Gasteiger partial charge on any atom is -0.341 e. The highest BCUT2D eigenvalue weighted by atomic mass is 35.5. The maximum Gasteiger partial charge on any atom is 0.223 e. The van der Waals surface area contributed by atoms with Crippen molar-refractivity contribution in [3.8, 4) is 0 Å². The minimum atomic E-state index is 0.169. The van der Waals surface area contributed by atoms with Crippen molar-refractivity contribution in [3.05, 3.63) is 51.2 Å². The van der Waals surface area contributed by atoms with E-state index in [9.17, 15) is 4.79 Å². The van der Waals surface area contributed by atoms with E-state index in [1.54, 1.807) is 28.0 Å². The Morgan fingerprint density at radius 2 is 2.10 bits per heavy atom. The molecule has 0 N–H and O–H groups in total. The van der Waals surface area contributed by atoms with Gasteiger partial charge in [-0.2, -0.15) is 0 Å². The predicted molar refractivity (Wildman–Crippen MR) is 92.3 cm³/mol. The average molecular weight is 340 g/mol. The fourth-order valence-electron chi connectivity index (χ4n) is 1.87. The second-order valence-corrected chi connectivity index (χ2v) is 7.35. The molecule has 0 aliphatic carbocycles. The van der Waals surface area contributed by atoms with Crippen LogP contribution in [-0.4, -0.2) is 23.6 Å². The van der Waals surface area contributed by atoms with Crippen molar-refractivity contribution in [2.45, 2.75) is 24.8 Å². The lowest BCUT2D eigenvalue weighted by atomic mass is 10.3. The van der Waals surface area contributed by atoms with Gasteiger partial charge < -0.3 is 4.90 Å². The standard InChI is InChI=1S/C16H18ClNOS2/c1-12-7-9-21-15(12)11-18(2)16(19)8-10-20-14-6-4-3-5-13(14)17/h3-7,9H,8,10-11H2,1-2H3. The summed E-state index contributed by atoms with van der Waals surface area (Å²) in [6, 6.07) is 9.82. The summed E-state index contributed by atoms with van der Waals surface area (Å²) in [7, 11) is 1.86. The summed E-state index contributed by atoms with van der Waals surface area (Å²) in [5.41, 5.74) is 1.25. The highest BCUT2D eigenvalue weighted by molar-refractivity contribution is 7.99. The van der Waals surface area contributed by atoms with Gasteiger partial charge in [0.2, 0.25) is 5.91 Å². The van der Waals surface area contributed by atoms with Gasteiger partial charge in [-0.3, -0.25) is 4.79 Å². The molecule has 5 heteroatoms. The molecule has 1 aromatic carbocycles. The van der Waals surface area contributed by atoms with E-state index in [0.717, 1.165) is 15.7 Å². The third-order valence-electron chi connectivity index (χ3n) is 3.18. The van der Waals surface area contributed by atoms with Crippen LogP contribution in [0.2, 0.25) is 5.02 Å². The normalized spacial score (nSPS) is 10.6. The van der Waals surface area contributed by atoms with Gasteiger partial charge in [0.25, 0.3) is 0 Å². The molecule has 0 saturated heterocycles. The van der Waals surface area contributed by atoms with Crippen LogP contribution in [0.1, 0.15) is 16.9 Å². The number of hydrogen-bond acceptors (Lipinski definition) is 3. The monoisotopic (exact) mass is 339 g/mol. The first-order valence-electron chi connectivity index (χ1n) is 6.72. The number of thiophene rings is 1. The van der Waals surface area contributed by atoms with Crippen LogP contribution in [0.3, 0.4) is 0 Å². The molecular formula is C16H18ClNOS2. The first-order valence-corrected chi connectivity index (χ1v) is 8.96. The van der Waals surface area contributed by atoms with Crippen LogP contribution in [0.25, 0.3) is 0 Å². The Kier molecular flexibility index (Phi) is 6.15. The van der Waals surface area contributed by atoms with Crippen molar-refractivity contribution in [2.75, 3.05) is 12.8 Å². The summed E-state index contributed by atoms with van der Waals surface area (Å²) >= 11 is 9.43. The summed E-state index contributed by atoms with van der Waals surface area (Å²) < 4.78 is 0. The number of aryl methyl sites for hydroxylation is 1. The Labute approximate surface area is 139 Å². The number of halogens is 1. The van der Waals surface area contributed by atoms with Gasteiger partial charge in [0.1, 0.15) is 0 Å². The van der Waals surface area contributed by atoms with E-state index in [-0.39, 0.29) is 5.91 Å². The second-order valence-electron chi connectivity index (χ2n) is 4.81. The quantitative estimate of drug-likeness (QED) is 0.701. The Balaban J connectivity index is 1.79. The average Bonchev–Trinajstić information content (AvgIpc) is 2.86. The molecule has 0 bridgehead atoms. The maximum absolute atomic E-state index is 12.1. The first-order chi connectivity index (χ1) is 10.1. The third-order valence-corrected chi connectivity index (χ3v) is 5.71. The smallest absolute Gasteiger partial charge is 0.223 e. The molecule has 0 atom stereocenters. The number of rotatable bonds is 6.